The third-order valence-corrected chi connectivity index (χ3v) is 2.99. The van der Waals surface area contributed by atoms with Gasteiger partial charge in [0, 0.05) is 12.0 Å². The second kappa shape index (κ2) is 6.95. The predicted octanol–water partition coefficient (Wildman–Crippen LogP) is 2.43. The zero-order valence-electron chi connectivity index (χ0n) is 11.5. The van der Waals surface area contributed by atoms with E-state index < -0.39 is 0 Å². The molecule has 0 spiro atoms. The van der Waals surface area contributed by atoms with Crippen LogP contribution in [0.15, 0.2) is 34.9 Å². The van der Waals surface area contributed by atoms with Gasteiger partial charge < -0.3 is 14.5 Å². The molecule has 1 aromatic carbocycles. The summed E-state index contributed by atoms with van der Waals surface area (Å²) in [5.41, 5.74) is 1.09. The lowest BCUT2D eigenvalue weighted by molar-refractivity contribution is 0.406. The Morgan fingerprint density at radius 2 is 2.16 bits per heavy atom. The average molecular weight is 260 g/mol. The zero-order valence-corrected chi connectivity index (χ0v) is 11.5. The van der Waals surface area contributed by atoms with Gasteiger partial charge in [-0.3, -0.25) is 0 Å². The number of rotatable bonds is 7. The second-order valence-corrected chi connectivity index (χ2v) is 4.42. The summed E-state index contributed by atoms with van der Waals surface area (Å²) in [4.78, 5) is 4.32. The Bertz CT molecular complexity index is 508. The summed E-state index contributed by atoms with van der Waals surface area (Å²) in [6.45, 7) is 0.989. The first-order valence-electron chi connectivity index (χ1n) is 6.53. The van der Waals surface area contributed by atoms with E-state index in [2.05, 4.69) is 10.3 Å². The molecule has 0 saturated heterocycles. The van der Waals surface area contributed by atoms with Crippen molar-refractivity contribution in [2.45, 2.75) is 19.3 Å². The van der Waals surface area contributed by atoms with Gasteiger partial charge in [-0.2, -0.15) is 0 Å². The van der Waals surface area contributed by atoms with Crippen LogP contribution in [0.5, 0.6) is 5.75 Å². The van der Waals surface area contributed by atoms with Crippen LogP contribution in [0.1, 0.15) is 23.6 Å². The van der Waals surface area contributed by atoms with Crippen LogP contribution >= 0.6 is 0 Å². The largest absolute Gasteiger partial charge is 0.496 e. The number of hydrogen-bond acceptors (Lipinski definition) is 4. The van der Waals surface area contributed by atoms with Crippen molar-refractivity contribution in [3.8, 4) is 5.75 Å². The third-order valence-electron chi connectivity index (χ3n) is 2.99. The molecule has 4 heteroatoms. The Morgan fingerprint density at radius 3 is 2.95 bits per heavy atom. The van der Waals surface area contributed by atoms with Gasteiger partial charge in [0.15, 0.2) is 5.89 Å². The van der Waals surface area contributed by atoms with Gasteiger partial charge in [-0.1, -0.05) is 18.2 Å². The van der Waals surface area contributed by atoms with E-state index in [9.17, 15) is 0 Å². The summed E-state index contributed by atoms with van der Waals surface area (Å²) in [5, 5.41) is 3.12. The first-order chi connectivity index (χ1) is 9.33. The summed E-state index contributed by atoms with van der Waals surface area (Å²) in [6, 6.07) is 7.94. The summed E-state index contributed by atoms with van der Waals surface area (Å²) in [6.07, 6.45) is 4.45. The van der Waals surface area contributed by atoms with Crippen molar-refractivity contribution < 1.29 is 9.15 Å². The molecule has 0 aliphatic rings. The SMILES string of the molecule is CNCCCc1cnc(Cc2ccccc2OC)o1. The van der Waals surface area contributed by atoms with Gasteiger partial charge in [0.1, 0.15) is 11.5 Å². The van der Waals surface area contributed by atoms with E-state index in [0.29, 0.717) is 6.42 Å². The molecule has 0 saturated carbocycles. The minimum absolute atomic E-state index is 0.663. The highest BCUT2D eigenvalue weighted by atomic mass is 16.5. The van der Waals surface area contributed by atoms with Crippen LogP contribution < -0.4 is 10.1 Å². The van der Waals surface area contributed by atoms with Gasteiger partial charge in [0.2, 0.25) is 0 Å². The van der Waals surface area contributed by atoms with Crippen LogP contribution in [0, 0.1) is 0 Å². The summed E-state index contributed by atoms with van der Waals surface area (Å²) in [5.74, 6) is 2.56. The monoisotopic (exact) mass is 260 g/mol. The fraction of sp³-hybridized carbons (Fsp3) is 0.400. The number of oxazole rings is 1. The first kappa shape index (κ1) is 13.6. The Kier molecular flexibility index (Phi) is 4.98. The quantitative estimate of drug-likeness (QED) is 0.777. The number of aryl methyl sites for hydroxylation is 1. The van der Waals surface area contributed by atoms with Crippen molar-refractivity contribution in [1.82, 2.24) is 10.3 Å². The Hall–Kier alpha value is -1.81. The summed E-state index contributed by atoms with van der Waals surface area (Å²) >= 11 is 0. The van der Waals surface area contributed by atoms with Gasteiger partial charge in [-0.05, 0) is 26.1 Å². The van der Waals surface area contributed by atoms with Crippen LogP contribution in [-0.2, 0) is 12.8 Å². The molecule has 0 unspecified atom stereocenters. The molecule has 1 N–H and O–H groups in total. The molecular formula is C15H20N2O2. The highest BCUT2D eigenvalue weighted by Crippen LogP contribution is 2.21. The average Bonchev–Trinajstić information content (AvgIpc) is 2.87. The molecule has 0 bridgehead atoms. The van der Waals surface area contributed by atoms with E-state index in [1.54, 1.807) is 7.11 Å². The van der Waals surface area contributed by atoms with Gasteiger partial charge in [-0.25, -0.2) is 4.98 Å². The van der Waals surface area contributed by atoms with E-state index in [1.165, 1.54) is 0 Å². The Balaban J connectivity index is 1.99. The third kappa shape index (κ3) is 3.83. The van der Waals surface area contributed by atoms with Crippen molar-refractivity contribution in [3.63, 3.8) is 0 Å². The molecule has 0 radical (unpaired) electrons. The number of para-hydroxylation sites is 1. The van der Waals surface area contributed by atoms with Gasteiger partial charge >= 0.3 is 0 Å². The lowest BCUT2D eigenvalue weighted by atomic mass is 10.1. The number of ether oxygens (including phenoxy) is 1. The number of nitrogens with zero attached hydrogens (tertiary/aromatic N) is 1. The lowest BCUT2D eigenvalue weighted by Crippen LogP contribution is -2.08. The highest BCUT2D eigenvalue weighted by Gasteiger charge is 2.08. The molecule has 19 heavy (non-hydrogen) atoms. The normalized spacial score (nSPS) is 10.6. The van der Waals surface area contributed by atoms with Crippen LogP contribution in [0.4, 0.5) is 0 Å². The van der Waals surface area contributed by atoms with Crippen molar-refractivity contribution >= 4 is 0 Å². The van der Waals surface area contributed by atoms with Gasteiger partial charge in [0.25, 0.3) is 0 Å². The van der Waals surface area contributed by atoms with Crippen molar-refractivity contribution in [3.05, 3.63) is 47.7 Å². The Labute approximate surface area is 113 Å². The fourth-order valence-electron chi connectivity index (χ4n) is 2.00. The van der Waals surface area contributed by atoms with Crippen LogP contribution in [0.25, 0.3) is 0 Å². The molecule has 2 rings (SSSR count). The van der Waals surface area contributed by atoms with Gasteiger partial charge in [0.05, 0.1) is 19.7 Å². The number of benzene rings is 1. The van der Waals surface area contributed by atoms with Crippen molar-refractivity contribution in [2.75, 3.05) is 20.7 Å². The molecule has 0 fully saturated rings. The molecule has 4 nitrogen and oxygen atoms in total. The van der Waals surface area contributed by atoms with E-state index in [4.69, 9.17) is 9.15 Å². The molecule has 0 atom stereocenters. The summed E-state index contributed by atoms with van der Waals surface area (Å²) < 4.78 is 11.1. The summed E-state index contributed by atoms with van der Waals surface area (Å²) in [7, 11) is 3.63. The molecular weight excluding hydrogens is 240 g/mol. The predicted molar refractivity (Wildman–Crippen MR) is 74.6 cm³/mol. The number of nitrogens with one attached hydrogen (secondary N) is 1. The van der Waals surface area contributed by atoms with Crippen LogP contribution in [-0.4, -0.2) is 25.7 Å². The smallest absolute Gasteiger partial charge is 0.198 e. The van der Waals surface area contributed by atoms with Crippen LogP contribution in [0.2, 0.25) is 0 Å². The standard InChI is InChI=1S/C15H20N2O2/c1-16-9-5-7-13-11-17-15(19-13)10-12-6-3-4-8-14(12)18-2/h3-4,6,8,11,16H,5,7,9-10H2,1-2H3. The molecule has 0 amide bonds. The highest BCUT2D eigenvalue weighted by molar-refractivity contribution is 5.34. The van der Waals surface area contributed by atoms with E-state index in [0.717, 1.165) is 42.4 Å². The minimum atomic E-state index is 0.663. The number of methoxy groups -OCH3 is 1. The molecule has 1 aromatic heterocycles. The number of hydrogen-bond donors (Lipinski definition) is 1. The molecule has 102 valence electrons. The minimum Gasteiger partial charge on any atom is -0.496 e. The maximum absolute atomic E-state index is 5.74. The first-order valence-corrected chi connectivity index (χ1v) is 6.53. The van der Waals surface area contributed by atoms with E-state index in [1.807, 2.05) is 37.5 Å². The fourth-order valence-corrected chi connectivity index (χ4v) is 2.00. The number of aromatic nitrogens is 1. The molecule has 0 aliphatic heterocycles. The lowest BCUT2D eigenvalue weighted by Gasteiger charge is -2.05. The van der Waals surface area contributed by atoms with E-state index >= 15 is 0 Å². The maximum atomic E-state index is 5.74. The Morgan fingerprint density at radius 1 is 1.32 bits per heavy atom. The molecule has 1 heterocycles. The molecule has 0 aliphatic carbocycles. The topological polar surface area (TPSA) is 47.3 Å². The maximum Gasteiger partial charge on any atom is 0.198 e. The second-order valence-electron chi connectivity index (χ2n) is 4.42. The van der Waals surface area contributed by atoms with Crippen molar-refractivity contribution in [1.29, 1.82) is 0 Å². The van der Waals surface area contributed by atoms with Crippen molar-refractivity contribution in [2.24, 2.45) is 0 Å². The van der Waals surface area contributed by atoms with Crippen LogP contribution in [0.3, 0.4) is 0 Å². The van der Waals surface area contributed by atoms with Gasteiger partial charge in [-0.15, -0.1) is 0 Å². The zero-order chi connectivity index (χ0) is 13.5. The van der Waals surface area contributed by atoms with E-state index in [-0.39, 0.29) is 0 Å². The molecule has 2 aromatic rings.